The standard InChI is InChI=1S/C13H13NO3/c15-11-5-3-10(4-6-11)13(16)14-8-7-12-2-1-9-17-12/h1-6,9,15H,7-8H2,(H,14,16). The summed E-state index contributed by atoms with van der Waals surface area (Å²) in [7, 11) is 0. The molecule has 0 saturated heterocycles. The first-order chi connectivity index (χ1) is 8.25. The monoisotopic (exact) mass is 231 g/mol. The van der Waals surface area contributed by atoms with Crippen molar-refractivity contribution in [2.45, 2.75) is 6.42 Å². The van der Waals surface area contributed by atoms with Gasteiger partial charge in [-0.15, -0.1) is 0 Å². The third kappa shape index (κ3) is 3.11. The van der Waals surface area contributed by atoms with Gasteiger partial charge < -0.3 is 14.8 Å². The van der Waals surface area contributed by atoms with E-state index in [1.807, 2.05) is 12.1 Å². The summed E-state index contributed by atoms with van der Waals surface area (Å²) in [5.41, 5.74) is 0.530. The number of phenols is 1. The highest BCUT2D eigenvalue weighted by molar-refractivity contribution is 5.94. The van der Waals surface area contributed by atoms with Crippen molar-refractivity contribution in [1.82, 2.24) is 5.32 Å². The van der Waals surface area contributed by atoms with Crippen LogP contribution in [0.5, 0.6) is 5.75 Å². The van der Waals surface area contributed by atoms with E-state index in [0.29, 0.717) is 18.5 Å². The minimum Gasteiger partial charge on any atom is -0.508 e. The van der Waals surface area contributed by atoms with Gasteiger partial charge in [0.15, 0.2) is 0 Å². The summed E-state index contributed by atoms with van der Waals surface area (Å²) < 4.78 is 5.15. The van der Waals surface area contributed by atoms with Gasteiger partial charge >= 0.3 is 0 Å². The summed E-state index contributed by atoms with van der Waals surface area (Å²) in [5, 5.41) is 11.9. The van der Waals surface area contributed by atoms with E-state index in [9.17, 15) is 4.79 Å². The lowest BCUT2D eigenvalue weighted by Crippen LogP contribution is -2.25. The van der Waals surface area contributed by atoms with Crippen molar-refractivity contribution in [1.29, 1.82) is 0 Å². The first kappa shape index (κ1) is 11.3. The van der Waals surface area contributed by atoms with Crippen LogP contribution in [0.25, 0.3) is 0 Å². The van der Waals surface area contributed by atoms with Crippen molar-refractivity contribution in [2.24, 2.45) is 0 Å². The zero-order valence-electron chi connectivity index (χ0n) is 9.22. The lowest BCUT2D eigenvalue weighted by Gasteiger charge is -2.03. The molecule has 0 atom stereocenters. The number of phenolic OH excluding ortho intramolecular Hbond substituents is 1. The van der Waals surface area contributed by atoms with Crippen LogP contribution in [-0.2, 0) is 6.42 Å². The van der Waals surface area contributed by atoms with E-state index in [1.54, 1.807) is 18.4 Å². The van der Waals surface area contributed by atoms with Crippen LogP contribution in [0.2, 0.25) is 0 Å². The Balaban J connectivity index is 1.83. The maximum Gasteiger partial charge on any atom is 0.251 e. The molecule has 88 valence electrons. The molecule has 0 saturated carbocycles. The number of rotatable bonds is 4. The highest BCUT2D eigenvalue weighted by atomic mass is 16.3. The van der Waals surface area contributed by atoms with Crippen LogP contribution in [0.15, 0.2) is 47.1 Å². The molecular weight excluding hydrogens is 218 g/mol. The number of nitrogens with one attached hydrogen (secondary N) is 1. The molecule has 0 unspecified atom stereocenters. The van der Waals surface area contributed by atoms with Crippen LogP contribution in [-0.4, -0.2) is 17.6 Å². The van der Waals surface area contributed by atoms with Gasteiger partial charge in [0.2, 0.25) is 0 Å². The van der Waals surface area contributed by atoms with Crippen LogP contribution >= 0.6 is 0 Å². The topological polar surface area (TPSA) is 62.5 Å². The number of furan rings is 1. The van der Waals surface area contributed by atoms with Gasteiger partial charge in [-0.25, -0.2) is 0 Å². The van der Waals surface area contributed by atoms with Crippen LogP contribution < -0.4 is 5.32 Å². The maximum absolute atomic E-state index is 11.7. The first-order valence-electron chi connectivity index (χ1n) is 5.35. The van der Waals surface area contributed by atoms with Gasteiger partial charge in [-0.3, -0.25) is 4.79 Å². The summed E-state index contributed by atoms with van der Waals surface area (Å²) in [5.74, 6) is 0.838. The molecule has 1 amide bonds. The molecule has 1 aromatic carbocycles. The number of amides is 1. The number of carbonyl (C=O) groups is 1. The van der Waals surface area contributed by atoms with Crippen LogP contribution in [0, 0.1) is 0 Å². The van der Waals surface area contributed by atoms with Gasteiger partial charge in [0.1, 0.15) is 11.5 Å². The maximum atomic E-state index is 11.7. The van der Waals surface area contributed by atoms with E-state index in [4.69, 9.17) is 9.52 Å². The van der Waals surface area contributed by atoms with E-state index in [1.165, 1.54) is 12.1 Å². The molecule has 17 heavy (non-hydrogen) atoms. The third-order valence-corrected chi connectivity index (χ3v) is 2.37. The van der Waals surface area contributed by atoms with Crippen LogP contribution in [0.3, 0.4) is 0 Å². The van der Waals surface area contributed by atoms with Crippen molar-refractivity contribution in [3.05, 3.63) is 54.0 Å². The smallest absolute Gasteiger partial charge is 0.251 e. The predicted molar refractivity (Wildman–Crippen MR) is 62.9 cm³/mol. The number of benzene rings is 1. The molecule has 2 rings (SSSR count). The summed E-state index contributed by atoms with van der Waals surface area (Å²) in [6.07, 6.45) is 2.27. The molecule has 4 heteroatoms. The minimum atomic E-state index is -0.156. The predicted octanol–water partition coefficient (Wildman–Crippen LogP) is 1.96. The highest BCUT2D eigenvalue weighted by Gasteiger charge is 2.04. The molecule has 1 heterocycles. The molecule has 0 fully saturated rings. The van der Waals surface area contributed by atoms with Crippen molar-refractivity contribution in [3.8, 4) is 5.75 Å². The quantitative estimate of drug-likeness (QED) is 0.845. The molecule has 2 aromatic rings. The zero-order chi connectivity index (χ0) is 12.1. The average molecular weight is 231 g/mol. The normalized spacial score (nSPS) is 10.1. The van der Waals surface area contributed by atoms with Gasteiger partial charge in [0.25, 0.3) is 5.91 Å². The van der Waals surface area contributed by atoms with E-state index < -0.39 is 0 Å². The Bertz CT molecular complexity index is 474. The number of hydrogen-bond acceptors (Lipinski definition) is 3. The van der Waals surface area contributed by atoms with Gasteiger partial charge in [0, 0.05) is 18.5 Å². The fourth-order valence-corrected chi connectivity index (χ4v) is 1.47. The number of carbonyl (C=O) groups excluding carboxylic acids is 1. The fraction of sp³-hybridized carbons (Fsp3) is 0.154. The Morgan fingerprint density at radius 1 is 1.24 bits per heavy atom. The van der Waals surface area contributed by atoms with Gasteiger partial charge in [0.05, 0.1) is 6.26 Å². The molecule has 0 aliphatic carbocycles. The Hall–Kier alpha value is -2.23. The Morgan fingerprint density at radius 3 is 2.65 bits per heavy atom. The molecule has 1 aromatic heterocycles. The Kier molecular flexibility index (Phi) is 3.45. The highest BCUT2D eigenvalue weighted by Crippen LogP contribution is 2.09. The van der Waals surface area contributed by atoms with Crippen molar-refractivity contribution < 1.29 is 14.3 Å². The molecule has 2 N–H and O–H groups in total. The van der Waals surface area contributed by atoms with Crippen molar-refractivity contribution in [3.63, 3.8) is 0 Å². The minimum absolute atomic E-state index is 0.150. The lowest BCUT2D eigenvalue weighted by molar-refractivity contribution is 0.0953. The Morgan fingerprint density at radius 2 is 2.00 bits per heavy atom. The summed E-state index contributed by atoms with van der Waals surface area (Å²) in [6, 6.07) is 9.82. The zero-order valence-corrected chi connectivity index (χ0v) is 9.22. The molecule has 0 aliphatic rings. The first-order valence-corrected chi connectivity index (χ1v) is 5.35. The van der Waals surface area contributed by atoms with Crippen molar-refractivity contribution in [2.75, 3.05) is 6.54 Å². The molecule has 0 spiro atoms. The molecule has 4 nitrogen and oxygen atoms in total. The largest absolute Gasteiger partial charge is 0.508 e. The van der Waals surface area contributed by atoms with E-state index >= 15 is 0 Å². The summed E-state index contributed by atoms with van der Waals surface area (Å²) in [4.78, 5) is 11.7. The third-order valence-electron chi connectivity index (χ3n) is 2.37. The average Bonchev–Trinajstić information content (AvgIpc) is 2.83. The van der Waals surface area contributed by atoms with Crippen molar-refractivity contribution >= 4 is 5.91 Å². The summed E-state index contributed by atoms with van der Waals surface area (Å²) in [6.45, 7) is 0.521. The van der Waals surface area contributed by atoms with Gasteiger partial charge in [-0.1, -0.05) is 0 Å². The Labute approximate surface area is 98.9 Å². The van der Waals surface area contributed by atoms with Gasteiger partial charge in [-0.05, 0) is 36.4 Å². The second-order valence-corrected chi connectivity index (χ2v) is 3.63. The number of aromatic hydroxyl groups is 1. The van der Waals surface area contributed by atoms with Crippen LogP contribution in [0.4, 0.5) is 0 Å². The van der Waals surface area contributed by atoms with E-state index in [0.717, 1.165) is 5.76 Å². The summed E-state index contributed by atoms with van der Waals surface area (Å²) >= 11 is 0. The van der Waals surface area contributed by atoms with E-state index in [-0.39, 0.29) is 11.7 Å². The fourth-order valence-electron chi connectivity index (χ4n) is 1.47. The molecule has 0 aliphatic heterocycles. The second-order valence-electron chi connectivity index (χ2n) is 3.63. The number of hydrogen-bond donors (Lipinski definition) is 2. The second kappa shape index (κ2) is 5.21. The molecular formula is C13H13NO3. The van der Waals surface area contributed by atoms with E-state index in [2.05, 4.69) is 5.32 Å². The van der Waals surface area contributed by atoms with Crippen LogP contribution in [0.1, 0.15) is 16.1 Å². The lowest BCUT2D eigenvalue weighted by atomic mass is 10.2. The van der Waals surface area contributed by atoms with Gasteiger partial charge in [-0.2, -0.15) is 0 Å². The molecule has 0 bridgehead atoms. The SMILES string of the molecule is O=C(NCCc1ccco1)c1ccc(O)cc1. The molecule has 0 radical (unpaired) electrons.